The molecule has 0 amide bonds. The SMILES string of the molecule is CN(CC1(N)CCOC1)c1ccccc1F. The van der Waals surface area contributed by atoms with Gasteiger partial charge < -0.3 is 15.4 Å². The molecule has 1 fully saturated rings. The lowest BCUT2D eigenvalue weighted by atomic mass is 9.99. The van der Waals surface area contributed by atoms with E-state index in [2.05, 4.69) is 0 Å². The van der Waals surface area contributed by atoms with Crippen molar-refractivity contribution in [3.63, 3.8) is 0 Å². The summed E-state index contributed by atoms with van der Waals surface area (Å²) < 4.78 is 18.8. The van der Waals surface area contributed by atoms with Gasteiger partial charge >= 0.3 is 0 Å². The normalized spacial score (nSPS) is 24.7. The van der Waals surface area contributed by atoms with Crippen LogP contribution in [-0.2, 0) is 4.74 Å². The van der Waals surface area contributed by atoms with Crippen LogP contribution in [0.25, 0.3) is 0 Å². The molecule has 0 aliphatic carbocycles. The number of ether oxygens (including phenoxy) is 1. The summed E-state index contributed by atoms with van der Waals surface area (Å²) in [6.07, 6.45) is 0.825. The van der Waals surface area contributed by atoms with E-state index in [0.717, 1.165) is 6.42 Å². The molecule has 1 unspecified atom stereocenters. The van der Waals surface area contributed by atoms with E-state index in [1.807, 2.05) is 18.0 Å². The second kappa shape index (κ2) is 4.39. The van der Waals surface area contributed by atoms with E-state index in [1.165, 1.54) is 6.07 Å². The Labute approximate surface area is 95.0 Å². The van der Waals surface area contributed by atoms with Gasteiger partial charge in [0, 0.05) is 20.2 Å². The van der Waals surface area contributed by atoms with Gasteiger partial charge in [-0.1, -0.05) is 12.1 Å². The maximum absolute atomic E-state index is 13.5. The lowest BCUT2D eigenvalue weighted by Crippen LogP contribution is -2.50. The molecule has 0 spiro atoms. The Morgan fingerprint density at radius 1 is 1.50 bits per heavy atom. The number of likely N-dealkylation sites (N-methyl/N-ethyl adjacent to an activating group) is 1. The molecular weight excluding hydrogens is 207 g/mol. The summed E-state index contributed by atoms with van der Waals surface area (Å²) in [5.74, 6) is -0.215. The summed E-state index contributed by atoms with van der Waals surface area (Å²) in [7, 11) is 1.85. The fourth-order valence-corrected chi connectivity index (χ4v) is 2.07. The number of anilines is 1. The zero-order chi connectivity index (χ0) is 11.6. The highest BCUT2D eigenvalue weighted by Crippen LogP contribution is 2.22. The Balaban J connectivity index is 2.08. The second-order valence-electron chi connectivity index (χ2n) is 4.47. The van der Waals surface area contributed by atoms with Crippen LogP contribution in [0.15, 0.2) is 24.3 Å². The van der Waals surface area contributed by atoms with E-state index in [0.29, 0.717) is 25.4 Å². The van der Waals surface area contributed by atoms with Crippen LogP contribution < -0.4 is 10.6 Å². The summed E-state index contributed by atoms with van der Waals surface area (Å²) in [4.78, 5) is 1.85. The lowest BCUT2D eigenvalue weighted by molar-refractivity contribution is 0.179. The Bertz CT molecular complexity index is 364. The van der Waals surface area contributed by atoms with Crippen molar-refractivity contribution in [1.82, 2.24) is 0 Å². The molecule has 16 heavy (non-hydrogen) atoms. The first kappa shape index (κ1) is 11.4. The first-order valence-electron chi connectivity index (χ1n) is 5.43. The molecule has 2 N–H and O–H groups in total. The van der Waals surface area contributed by atoms with Crippen molar-refractivity contribution in [3.8, 4) is 0 Å². The Hall–Kier alpha value is -1.13. The third-order valence-electron chi connectivity index (χ3n) is 2.95. The molecule has 2 rings (SSSR count). The largest absolute Gasteiger partial charge is 0.379 e. The van der Waals surface area contributed by atoms with Crippen molar-refractivity contribution in [3.05, 3.63) is 30.1 Å². The highest BCUT2D eigenvalue weighted by molar-refractivity contribution is 5.47. The van der Waals surface area contributed by atoms with Crippen molar-refractivity contribution >= 4 is 5.69 Å². The fraction of sp³-hybridized carbons (Fsp3) is 0.500. The average molecular weight is 224 g/mol. The van der Waals surface area contributed by atoms with Gasteiger partial charge in [-0.05, 0) is 18.6 Å². The summed E-state index contributed by atoms with van der Waals surface area (Å²) in [6.45, 7) is 1.85. The molecule has 1 atom stereocenters. The van der Waals surface area contributed by atoms with Crippen LogP contribution in [0.4, 0.5) is 10.1 Å². The number of nitrogens with two attached hydrogens (primary N) is 1. The van der Waals surface area contributed by atoms with E-state index in [1.54, 1.807) is 12.1 Å². The van der Waals surface area contributed by atoms with Crippen LogP contribution in [0.3, 0.4) is 0 Å². The van der Waals surface area contributed by atoms with E-state index < -0.39 is 0 Å². The topological polar surface area (TPSA) is 38.5 Å². The van der Waals surface area contributed by atoms with Crippen LogP contribution in [0.2, 0.25) is 0 Å². The lowest BCUT2D eigenvalue weighted by Gasteiger charge is -2.30. The first-order valence-corrected chi connectivity index (χ1v) is 5.43. The van der Waals surface area contributed by atoms with Gasteiger partial charge in [0.15, 0.2) is 0 Å². The zero-order valence-electron chi connectivity index (χ0n) is 9.45. The Morgan fingerprint density at radius 3 is 2.88 bits per heavy atom. The Kier molecular flexibility index (Phi) is 3.12. The number of rotatable bonds is 3. The predicted molar refractivity (Wildman–Crippen MR) is 62.0 cm³/mol. The third-order valence-corrected chi connectivity index (χ3v) is 2.95. The second-order valence-corrected chi connectivity index (χ2v) is 4.47. The van der Waals surface area contributed by atoms with Crippen molar-refractivity contribution in [2.24, 2.45) is 5.73 Å². The number of halogens is 1. The van der Waals surface area contributed by atoms with Gasteiger partial charge in [0.05, 0.1) is 17.8 Å². The fourth-order valence-electron chi connectivity index (χ4n) is 2.07. The minimum atomic E-state index is -0.350. The van der Waals surface area contributed by atoms with E-state index in [-0.39, 0.29) is 11.4 Å². The van der Waals surface area contributed by atoms with Crippen LogP contribution >= 0.6 is 0 Å². The Morgan fingerprint density at radius 2 is 2.25 bits per heavy atom. The summed E-state index contributed by atoms with van der Waals surface area (Å²) in [5, 5.41) is 0. The molecule has 0 saturated carbocycles. The van der Waals surface area contributed by atoms with Crippen molar-refractivity contribution < 1.29 is 9.13 Å². The summed E-state index contributed by atoms with van der Waals surface area (Å²) >= 11 is 0. The van der Waals surface area contributed by atoms with E-state index in [9.17, 15) is 4.39 Å². The molecule has 3 nitrogen and oxygen atoms in total. The highest BCUT2D eigenvalue weighted by Gasteiger charge is 2.32. The third kappa shape index (κ3) is 2.33. The minimum Gasteiger partial charge on any atom is -0.379 e. The van der Waals surface area contributed by atoms with Gasteiger partial charge in [0.25, 0.3) is 0 Å². The van der Waals surface area contributed by atoms with Gasteiger partial charge in [-0.3, -0.25) is 0 Å². The minimum absolute atomic E-state index is 0.215. The first-order chi connectivity index (χ1) is 7.61. The van der Waals surface area contributed by atoms with Crippen LogP contribution in [0, 0.1) is 5.82 Å². The molecule has 0 aromatic heterocycles. The molecule has 1 aromatic rings. The number of para-hydroxylation sites is 1. The number of nitrogens with zero attached hydrogens (tertiary/aromatic N) is 1. The number of benzene rings is 1. The summed E-state index contributed by atoms with van der Waals surface area (Å²) in [5.41, 5.74) is 6.39. The van der Waals surface area contributed by atoms with Crippen LogP contribution in [-0.4, -0.2) is 32.3 Å². The van der Waals surface area contributed by atoms with Crippen LogP contribution in [0.1, 0.15) is 6.42 Å². The van der Waals surface area contributed by atoms with E-state index >= 15 is 0 Å². The van der Waals surface area contributed by atoms with Gasteiger partial charge in [-0.2, -0.15) is 0 Å². The smallest absolute Gasteiger partial charge is 0.146 e. The quantitative estimate of drug-likeness (QED) is 0.843. The monoisotopic (exact) mass is 224 g/mol. The number of hydrogen-bond donors (Lipinski definition) is 1. The van der Waals surface area contributed by atoms with Gasteiger partial charge in [0.1, 0.15) is 5.82 Å². The van der Waals surface area contributed by atoms with Crippen molar-refractivity contribution in [1.29, 1.82) is 0 Å². The molecule has 88 valence electrons. The molecule has 0 bridgehead atoms. The standard InChI is InChI=1S/C12H17FN2O/c1-15(8-12(14)6-7-16-9-12)11-5-3-2-4-10(11)13/h2-5H,6-9,14H2,1H3. The van der Waals surface area contributed by atoms with Gasteiger partial charge in [-0.25, -0.2) is 4.39 Å². The molecular formula is C12H17FN2O. The van der Waals surface area contributed by atoms with Crippen molar-refractivity contribution in [2.75, 3.05) is 31.7 Å². The zero-order valence-corrected chi connectivity index (χ0v) is 9.45. The molecule has 1 aliphatic heterocycles. The highest BCUT2D eigenvalue weighted by atomic mass is 19.1. The molecule has 1 heterocycles. The average Bonchev–Trinajstić information content (AvgIpc) is 2.65. The molecule has 1 saturated heterocycles. The molecule has 1 aromatic carbocycles. The summed E-state index contributed by atoms with van der Waals surface area (Å²) in [6, 6.07) is 6.72. The predicted octanol–water partition coefficient (Wildman–Crippen LogP) is 1.38. The van der Waals surface area contributed by atoms with Gasteiger partial charge in [0.2, 0.25) is 0 Å². The molecule has 4 heteroatoms. The van der Waals surface area contributed by atoms with Crippen LogP contribution in [0.5, 0.6) is 0 Å². The molecule has 0 radical (unpaired) electrons. The maximum atomic E-state index is 13.5. The van der Waals surface area contributed by atoms with Crippen molar-refractivity contribution in [2.45, 2.75) is 12.0 Å². The molecule has 1 aliphatic rings. The van der Waals surface area contributed by atoms with Gasteiger partial charge in [-0.15, -0.1) is 0 Å². The van der Waals surface area contributed by atoms with E-state index in [4.69, 9.17) is 10.5 Å². The maximum Gasteiger partial charge on any atom is 0.146 e. The number of hydrogen-bond acceptors (Lipinski definition) is 3.